The monoisotopic (exact) mass is 410 g/mol. The van der Waals surface area contributed by atoms with Crippen LogP contribution in [-0.2, 0) is 27.4 Å². The molecular formula is C25H34N2O3. The number of carbonyl (C=O) groups is 1. The van der Waals surface area contributed by atoms with Crippen molar-refractivity contribution in [2.24, 2.45) is 5.73 Å². The summed E-state index contributed by atoms with van der Waals surface area (Å²) in [5.41, 5.74) is 10.6. The molecule has 0 spiro atoms. The van der Waals surface area contributed by atoms with Crippen molar-refractivity contribution in [2.75, 3.05) is 13.7 Å². The van der Waals surface area contributed by atoms with Gasteiger partial charge in [0, 0.05) is 17.8 Å². The fourth-order valence-electron chi connectivity index (χ4n) is 2.68. The summed E-state index contributed by atoms with van der Waals surface area (Å²) in [6.45, 7) is 12.6. The Kier molecular flexibility index (Phi) is 11.0. The fourth-order valence-corrected chi connectivity index (χ4v) is 2.68. The third-order valence-corrected chi connectivity index (χ3v) is 4.67. The van der Waals surface area contributed by atoms with Gasteiger partial charge in [0.1, 0.15) is 12.4 Å². The number of methoxy groups -OCH3 is 1. The van der Waals surface area contributed by atoms with Gasteiger partial charge in [-0.05, 0) is 50.5 Å². The van der Waals surface area contributed by atoms with E-state index < -0.39 is 0 Å². The number of hydrogen-bond donors (Lipinski definition) is 1. The van der Waals surface area contributed by atoms with E-state index >= 15 is 0 Å². The summed E-state index contributed by atoms with van der Waals surface area (Å²) >= 11 is 0. The summed E-state index contributed by atoms with van der Waals surface area (Å²) in [5.74, 6) is 1.46. The number of allylic oxidation sites excluding steroid dienone is 6. The summed E-state index contributed by atoms with van der Waals surface area (Å²) in [5, 5.41) is 0. The molecule has 30 heavy (non-hydrogen) atoms. The molecule has 0 bridgehead atoms. The highest BCUT2D eigenvalue weighted by atomic mass is 16.5. The van der Waals surface area contributed by atoms with Crippen LogP contribution in [0, 0.1) is 0 Å². The van der Waals surface area contributed by atoms with E-state index in [1.165, 1.54) is 0 Å². The van der Waals surface area contributed by atoms with Gasteiger partial charge < -0.3 is 20.1 Å². The molecule has 0 saturated carbocycles. The largest absolute Gasteiger partial charge is 0.501 e. The minimum atomic E-state index is 0.377. The quantitative estimate of drug-likeness (QED) is 0.300. The topological polar surface area (TPSA) is 64.8 Å². The fraction of sp³-hybridized carbons (Fsp3) is 0.320. The zero-order valence-corrected chi connectivity index (χ0v) is 18.8. The number of hydrogen-bond acceptors (Lipinski definition) is 4. The molecule has 0 aromatic heterocycles. The van der Waals surface area contributed by atoms with E-state index in [9.17, 15) is 4.79 Å². The van der Waals surface area contributed by atoms with Crippen molar-refractivity contribution in [1.82, 2.24) is 4.90 Å². The lowest BCUT2D eigenvalue weighted by atomic mass is 10.1. The molecule has 0 aliphatic rings. The lowest BCUT2D eigenvalue weighted by Gasteiger charge is -2.21. The van der Waals surface area contributed by atoms with Crippen LogP contribution in [0.25, 0.3) is 0 Å². The van der Waals surface area contributed by atoms with Crippen LogP contribution in [0.2, 0.25) is 0 Å². The summed E-state index contributed by atoms with van der Waals surface area (Å²) < 4.78 is 11.4. The molecule has 1 amide bonds. The van der Waals surface area contributed by atoms with Crippen LogP contribution in [0.1, 0.15) is 38.8 Å². The average Bonchev–Trinajstić information content (AvgIpc) is 2.76. The molecule has 5 heteroatoms. The van der Waals surface area contributed by atoms with Crippen LogP contribution in [-0.4, -0.2) is 25.0 Å². The normalized spacial score (nSPS) is 12.3. The zero-order chi connectivity index (χ0) is 22.5. The van der Waals surface area contributed by atoms with Gasteiger partial charge in [0.15, 0.2) is 0 Å². The van der Waals surface area contributed by atoms with Gasteiger partial charge in [-0.2, -0.15) is 0 Å². The lowest BCUT2D eigenvalue weighted by Crippen LogP contribution is -2.23. The molecule has 5 nitrogen and oxygen atoms in total. The molecule has 0 aliphatic heterocycles. The molecule has 0 heterocycles. The second kappa shape index (κ2) is 13.2. The Morgan fingerprint density at radius 3 is 2.37 bits per heavy atom. The van der Waals surface area contributed by atoms with E-state index in [-0.39, 0.29) is 0 Å². The van der Waals surface area contributed by atoms with Crippen LogP contribution in [0.15, 0.2) is 83.5 Å². The number of benzene rings is 1. The van der Waals surface area contributed by atoms with Crippen LogP contribution < -0.4 is 5.73 Å². The Balaban J connectivity index is 3.06. The van der Waals surface area contributed by atoms with Crippen molar-refractivity contribution in [3.8, 4) is 0 Å². The second-order valence-corrected chi connectivity index (χ2v) is 7.03. The predicted octanol–water partition coefficient (Wildman–Crippen LogP) is 4.98. The molecule has 0 unspecified atom stereocenters. The first-order chi connectivity index (χ1) is 14.4. The third kappa shape index (κ3) is 7.76. The molecular weight excluding hydrogens is 376 g/mol. The Morgan fingerprint density at radius 1 is 1.17 bits per heavy atom. The van der Waals surface area contributed by atoms with E-state index in [1.54, 1.807) is 18.1 Å². The van der Waals surface area contributed by atoms with Gasteiger partial charge in [0.2, 0.25) is 6.41 Å². The SMILES string of the molecule is C=C/C=C\C(CN(C=O)/C(C)=C\C(OCc1ccccc1CN)=C(C)C)=C(/C)OC. The molecule has 2 N–H and O–H groups in total. The number of carbonyl (C=O) groups excluding carboxylic acids is 1. The molecule has 162 valence electrons. The van der Waals surface area contributed by atoms with Crippen LogP contribution in [0.5, 0.6) is 0 Å². The van der Waals surface area contributed by atoms with Crippen molar-refractivity contribution in [1.29, 1.82) is 0 Å². The summed E-state index contributed by atoms with van der Waals surface area (Å²) in [4.78, 5) is 13.4. The second-order valence-electron chi connectivity index (χ2n) is 7.03. The van der Waals surface area contributed by atoms with Crippen molar-refractivity contribution in [2.45, 2.75) is 40.8 Å². The standard InChI is InChI=1S/C25H34N2O3/c1-7-8-11-23(21(5)29-6)16-27(18-28)20(4)14-25(19(2)3)30-17-24-13-10-9-12-22(24)15-26/h7-14,18H,1,15-17,26H2,2-6H3/b11-8-,20-14-,23-21-. The summed E-state index contributed by atoms with van der Waals surface area (Å²) in [7, 11) is 1.61. The molecule has 1 rings (SSSR count). The zero-order valence-electron chi connectivity index (χ0n) is 18.8. The number of rotatable bonds is 12. The minimum Gasteiger partial charge on any atom is -0.501 e. The maximum Gasteiger partial charge on any atom is 0.214 e. The molecule has 0 radical (unpaired) electrons. The molecule has 1 aromatic rings. The number of nitrogens with two attached hydrogens (primary N) is 1. The predicted molar refractivity (Wildman–Crippen MR) is 123 cm³/mol. The smallest absolute Gasteiger partial charge is 0.214 e. The van der Waals surface area contributed by atoms with Crippen molar-refractivity contribution in [3.05, 3.63) is 94.6 Å². The van der Waals surface area contributed by atoms with Crippen LogP contribution in [0.4, 0.5) is 0 Å². The Labute approximate surface area is 180 Å². The maximum atomic E-state index is 11.8. The highest BCUT2D eigenvalue weighted by Gasteiger charge is 2.11. The first-order valence-electron chi connectivity index (χ1n) is 9.88. The Hall–Kier alpha value is -3.05. The van der Waals surface area contributed by atoms with Crippen LogP contribution >= 0.6 is 0 Å². The van der Waals surface area contributed by atoms with E-state index in [0.29, 0.717) is 19.7 Å². The van der Waals surface area contributed by atoms with Crippen molar-refractivity contribution >= 4 is 6.41 Å². The highest BCUT2D eigenvalue weighted by Crippen LogP contribution is 2.18. The highest BCUT2D eigenvalue weighted by molar-refractivity contribution is 5.53. The van der Waals surface area contributed by atoms with Gasteiger partial charge in [-0.1, -0.05) is 49.1 Å². The van der Waals surface area contributed by atoms with Crippen molar-refractivity contribution in [3.63, 3.8) is 0 Å². The van der Waals surface area contributed by atoms with Gasteiger partial charge in [0.25, 0.3) is 0 Å². The average molecular weight is 411 g/mol. The first kappa shape index (κ1) is 25.0. The van der Waals surface area contributed by atoms with Gasteiger partial charge in [0.05, 0.1) is 19.4 Å². The Bertz CT molecular complexity index is 844. The molecule has 1 aromatic carbocycles. The molecule has 0 aliphatic carbocycles. The Morgan fingerprint density at radius 2 is 1.83 bits per heavy atom. The van der Waals surface area contributed by atoms with Gasteiger partial charge >= 0.3 is 0 Å². The summed E-state index contributed by atoms with van der Waals surface area (Å²) in [6, 6.07) is 7.94. The van der Waals surface area contributed by atoms with Crippen molar-refractivity contribution < 1.29 is 14.3 Å². The maximum absolute atomic E-state index is 11.8. The molecule has 0 fully saturated rings. The third-order valence-electron chi connectivity index (χ3n) is 4.67. The number of ether oxygens (including phenoxy) is 2. The van der Waals surface area contributed by atoms with E-state index in [2.05, 4.69) is 6.58 Å². The summed E-state index contributed by atoms with van der Waals surface area (Å²) in [6.07, 6.45) is 8.08. The number of amides is 1. The van der Waals surface area contributed by atoms with Gasteiger partial charge in [-0.3, -0.25) is 4.79 Å². The van der Waals surface area contributed by atoms with Gasteiger partial charge in [-0.25, -0.2) is 0 Å². The van der Waals surface area contributed by atoms with E-state index in [1.807, 2.05) is 70.2 Å². The molecule has 0 saturated heterocycles. The molecule has 0 atom stereocenters. The van der Waals surface area contributed by atoms with Gasteiger partial charge in [-0.15, -0.1) is 0 Å². The lowest BCUT2D eigenvalue weighted by molar-refractivity contribution is -0.116. The minimum absolute atomic E-state index is 0.377. The number of nitrogens with zero attached hydrogens (tertiary/aromatic N) is 1. The van der Waals surface area contributed by atoms with E-state index in [4.69, 9.17) is 15.2 Å². The van der Waals surface area contributed by atoms with Crippen LogP contribution in [0.3, 0.4) is 0 Å². The van der Waals surface area contributed by atoms with E-state index in [0.717, 1.165) is 45.9 Å². The first-order valence-corrected chi connectivity index (χ1v) is 9.88.